The van der Waals surface area contributed by atoms with Crippen molar-refractivity contribution in [2.45, 2.75) is 13.5 Å². The van der Waals surface area contributed by atoms with Crippen LogP contribution in [0.2, 0.25) is 0 Å². The van der Waals surface area contributed by atoms with E-state index in [0.717, 1.165) is 10.0 Å². The maximum Gasteiger partial charge on any atom is 0.343 e. The third-order valence-corrected chi connectivity index (χ3v) is 2.51. The highest BCUT2D eigenvalue weighted by Gasteiger charge is 2.10. The molecule has 0 fully saturated rings. The first-order valence-electron chi connectivity index (χ1n) is 4.68. The lowest BCUT2D eigenvalue weighted by atomic mass is 10.1. The minimum absolute atomic E-state index is 0.142. The van der Waals surface area contributed by atoms with Crippen molar-refractivity contribution in [2.75, 3.05) is 13.7 Å². The Morgan fingerprint density at radius 2 is 2.19 bits per heavy atom. The molecule has 0 saturated carbocycles. The summed E-state index contributed by atoms with van der Waals surface area (Å²) < 4.78 is 10.6. The maximum atomic E-state index is 10.9. The predicted octanol–water partition coefficient (Wildman–Crippen LogP) is 1.80. The van der Waals surface area contributed by atoms with Crippen LogP contribution >= 0.6 is 15.9 Å². The van der Waals surface area contributed by atoms with E-state index >= 15 is 0 Å². The van der Waals surface area contributed by atoms with E-state index in [1.165, 1.54) is 7.11 Å². The maximum absolute atomic E-state index is 10.9. The zero-order valence-electron chi connectivity index (χ0n) is 9.12. The summed E-state index contributed by atoms with van der Waals surface area (Å²) in [5.74, 6) is 0.0716. The molecule has 1 aromatic rings. The molecular formula is C11H13BrO4. The van der Waals surface area contributed by atoms with Crippen LogP contribution in [0.1, 0.15) is 11.1 Å². The zero-order valence-corrected chi connectivity index (χ0v) is 10.7. The summed E-state index contributed by atoms with van der Waals surface area (Å²) >= 11 is 3.32. The molecule has 0 radical (unpaired) electrons. The van der Waals surface area contributed by atoms with Crippen LogP contribution in [0.4, 0.5) is 0 Å². The first-order valence-corrected chi connectivity index (χ1v) is 5.47. The van der Waals surface area contributed by atoms with Crippen molar-refractivity contribution in [1.82, 2.24) is 0 Å². The largest absolute Gasteiger partial charge is 0.481 e. The molecule has 0 atom stereocenters. The highest BCUT2D eigenvalue weighted by molar-refractivity contribution is 9.10. The van der Waals surface area contributed by atoms with Crippen molar-refractivity contribution in [3.8, 4) is 5.75 Å². The first-order chi connectivity index (χ1) is 7.58. The highest BCUT2D eigenvalue weighted by atomic mass is 79.9. The number of esters is 1. The molecule has 0 aliphatic heterocycles. The van der Waals surface area contributed by atoms with E-state index in [4.69, 9.17) is 4.74 Å². The van der Waals surface area contributed by atoms with Crippen LogP contribution in [0.3, 0.4) is 0 Å². The lowest BCUT2D eigenvalue weighted by Gasteiger charge is -2.12. The van der Waals surface area contributed by atoms with E-state index in [1.54, 1.807) is 6.07 Å². The van der Waals surface area contributed by atoms with E-state index in [1.807, 2.05) is 13.0 Å². The standard InChI is InChI=1S/C11H13BrO4/c1-7-3-9(12)4-8(5-13)11(7)16-6-10(14)15-2/h3-4,13H,5-6H2,1-2H3. The highest BCUT2D eigenvalue weighted by Crippen LogP contribution is 2.28. The molecule has 1 N–H and O–H groups in total. The summed E-state index contributed by atoms with van der Waals surface area (Å²) in [6.07, 6.45) is 0. The summed E-state index contributed by atoms with van der Waals surface area (Å²) in [6.45, 7) is 1.54. The second-order valence-corrected chi connectivity index (χ2v) is 4.15. The van der Waals surface area contributed by atoms with Gasteiger partial charge in [0.05, 0.1) is 13.7 Å². The van der Waals surface area contributed by atoms with Gasteiger partial charge in [0.15, 0.2) is 6.61 Å². The number of halogens is 1. The average molecular weight is 289 g/mol. The molecule has 0 spiro atoms. The van der Waals surface area contributed by atoms with Gasteiger partial charge in [0, 0.05) is 10.0 Å². The Bertz CT molecular complexity index is 390. The number of carbonyl (C=O) groups is 1. The van der Waals surface area contributed by atoms with Crippen molar-refractivity contribution >= 4 is 21.9 Å². The molecule has 0 aromatic heterocycles. The fourth-order valence-electron chi connectivity index (χ4n) is 1.31. The fourth-order valence-corrected chi connectivity index (χ4v) is 1.93. The first kappa shape index (κ1) is 13.0. The Morgan fingerprint density at radius 3 is 2.75 bits per heavy atom. The number of rotatable bonds is 4. The zero-order chi connectivity index (χ0) is 12.1. The van der Waals surface area contributed by atoms with Gasteiger partial charge >= 0.3 is 5.97 Å². The Morgan fingerprint density at radius 1 is 1.50 bits per heavy atom. The fraction of sp³-hybridized carbons (Fsp3) is 0.364. The molecule has 0 amide bonds. The van der Waals surface area contributed by atoms with Crippen molar-refractivity contribution < 1.29 is 19.4 Å². The van der Waals surface area contributed by atoms with Crippen LogP contribution in [0.25, 0.3) is 0 Å². The molecule has 0 saturated heterocycles. The van der Waals surface area contributed by atoms with Gasteiger partial charge in [-0.3, -0.25) is 0 Å². The second-order valence-electron chi connectivity index (χ2n) is 3.23. The molecular weight excluding hydrogens is 276 g/mol. The van der Waals surface area contributed by atoms with Gasteiger partial charge in [0.2, 0.25) is 0 Å². The molecule has 1 aromatic carbocycles. The number of aliphatic hydroxyl groups excluding tert-OH is 1. The number of aryl methyl sites for hydroxylation is 1. The average Bonchev–Trinajstić information content (AvgIpc) is 2.26. The summed E-state index contributed by atoms with van der Waals surface area (Å²) in [5.41, 5.74) is 1.48. The van der Waals surface area contributed by atoms with E-state index in [9.17, 15) is 9.90 Å². The topological polar surface area (TPSA) is 55.8 Å². The van der Waals surface area contributed by atoms with Crippen LogP contribution < -0.4 is 4.74 Å². The Kier molecular flexibility index (Phi) is 4.76. The molecule has 4 nitrogen and oxygen atoms in total. The van der Waals surface area contributed by atoms with Crippen LogP contribution in [0, 0.1) is 6.92 Å². The van der Waals surface area contributed by atoms with Crippen LogP contribution in [-0.4, -0.2) is 24.8 Å². The molecule has 0 unspecified atom stereocenters. The van der Waals surface area contributed by atoms with Crippen molar-refractivity contribution in [1.29, 1.82) is 0 Å². The van der Waals surface area contributed by atoms with Crippen molar-refractivity contribution in [2.24, 2.45) is 0 Å². The number of aliphatic hydroxyl groups is 1. The Hall–Kier alpha value is -1.07. The third-order valence-electron chi connectivity index (χ3n) is 2.05. The molecule has 0 aliphatic carbocycles. The number of methoxy groups -OCH3 is 1. The van der Waals surface area contributed by atoms with E-state index in [2.05, 4.69) is 20.7 Å². The van der Waals surface area contributed by atoms with E-state index in [0.29, 0.717) is 11.3 Å². The van der Waals surface area contributed by atoms with Crippen LogP contribution in [-0.2, 0) is 16.1 Å². The molecule has 0 aliphatic rings. The molecule has 16 heavy (non-hydrogen) atoms. The predicted molar refractivity (Wildman–Crippen MR) is 62.3 cm³/mol. The SMILES string of the molecule is COC(=O)COc1c(C)cc(Br)cc1CO. The summed E-state index contributed by atoms with van der Waals surface area (Å²) in [6, 6.07) is 3.60. The summed E-state index contributed by atoms with van der Waals surface area (Å²) in [7, 11) is 1.30. The minimum atomic E-state index is -0.453. The van der Waals surface area contributed by atoms with Gasteiger partial charge in [0.1, 0.15) is 5.75 Å². The smallest absolute Gasteiger partial charge is 0.343 e. The number of carbonyl (C=O) groups excluding carboxylic acids is 1. The second kappa shape index (κ2) is 5.86. The summed E-state index contributed by atoms with van der Waals surface area (Å²) in [5, 5.41) is 9.17. The quantitative estimate of drug-likeness (QED) is 0.859. The van der Waals surface area contributed by atoms with Gasteiger partial charge < -0.3 is 14.6 Å². The lowest BCUT2D eigenvalue weighted by molar-refractivity contribution is -0.142. The molecule has 0 heterocycles. The number of ether oxygens (including phenoxy) is 2. The van der Waals surface area contributed by atoms with Gasteiger partial charge in [-0.2, -0.15) is 0 Å². The van der Waals surface area contributed by atoms with Gasteiger partial charge in [0.25, 0.3) is 0 Å². The Labute approximate surface area is 102 Å². The van der Waals surface area contributed by atoms with Gasteiger partial charge in [-0.05, 0) is 24.6 Å². The molecule has 0 bridgehead atoms. The molecule has 5 heteroatoms. The monoisotopic (exact) mass is 288 g/mol. The van der Waals surface area contributed by atoms with Gasteiger partial charge in [-0.25, -0.2) is 4.79 Å². The Balaban J connectivity index is 2.89. The third kappa shape index (κ3) is 3.21. The van der Waals surface area contributed by atoms with Crippen LogP contribution in [0.5, 0.6) is 5.75 Å². The number of hydrogen-bond acceptors (Lipinski definition) is 4. The molecule has 88 valence electrons. The summed E-state index contributed by atoms with van der Waals surface area (Å²) in [4.78, 5) is 10.9. The van der Waals surface area contributed by atoms with Gasteiger partial charge in [-0.15, -0.1) is 0 Å². The normalized spacial score (nSPS) is 10.0. The van der Waals surface area contributed by atoms with Crippen LogP contribution in [0.15, 0.2) is 16.6 Å². The molecule has 1 rings (SSSR count). The minimum Gasteiger partial charge on any atom is -0.481 e. The lowest BCUT2D eigenvalue weighted by Crippen LogP contribution is -2.14. The van der Waals surface area contributed by atoms with Crippen molar-refractivity contribution in [3.63, 3.8) is 0 Å². The van der Waals surface area contributed by atoms with Gasteiger partial charge in [-0.1, -0.05) is 15.9 Å². The number of hydrogen-bond donors (Lipinski definition) is 1. The van der Waals surface area contributed by atoms with E-state index < -0.39 is 5.97 Å². The van der Waals surface area contributed by atoms with E-state index in [-0.39, 0.29) is 13.2 Å². The van der Waals surface area contributed by atoms with Crippen molar-refractivity contribution in [3.05, 3.63) is 27.7 Å². The number of benzene rings is 1.